The number of hydrogen-bond donors (Lipinski definition) is 0. The summed E-state index contributed by atoms with van der Waals surface area (Å²) in [6.07, 6.45) is 3.58. The number of nitrogens with zero attached hydrogens (tertiary/aromatic N) is 3. The molecule has 1 aromatic heterocycles. The van der Waals surface area contributed by atoms with Gasteiger partial charge in [-0.05, 0) is 18.1 Å². The van der Waals surface area contributed by atoms with Crippen LogP contribution in [0.4, 0.5) is 0 Å². The van der Waals surface area contributed by atoms with Gasteiger partial charge in [-0.2, -0.15) is 5.26 Å². The average Bonchev–Trinajstić information content (AvgIpc) is 2.69. The van der Waals surface area contributed by atoms with Crippen molar-refractivity contribution in [1.82, 2.24) is 9.55 Å². The maximum atomic E-state index is 9.30. The summed E-state index contributed by atoms with van der Waals surface area (Å²) in [5.74, 6) is 0.498. The zero-order chi connectivity index (χ0) is 11.5. The molecule has 0 aliphatic heterocycles. The van der Waals surface area contributed by atoms with Crippen molar-refractivity contribution in [2.24, 2.45) is 7.05 Å². The van der Waals surface area contributed by atoms with Gasteiger partial charge in [-0.15, -0.1) is 0 Å². The Kier molecular flexibility index (Phi) is 2.74. The van der Waals surface area contributed by atoms with Crippen molar-refractivity contribution >= 4 is 0 Å². The van der Waals surface area contributed by atoms with Crippen molar-refractivity contribution in [3.63, 3.8) is 0 Å². The van der Waals surface area contributed by atoms with Crippen molar-refractivity contribution < 1.29 is 0 Å². The summed E-state index contributed by atoms with van der Waals surface area (Å²) in [6.45, 7) is 2.02. The number of imidazole rings is 1. The lowest BCUT2D eigenvalue weighted by molar-refractivity contribution is 0.780. The van der Waals surface area contributed by atoms with E-state index < -0.39 is 0 Å². The molecule has 1 unspecified atom stereocenters. The van der Waals surface area contributed by atoms with Gasteiger partial charge in [-0.3, -0.25) is 0 Å². The number of aromatic nitrogens is 2. The predicted octanol–water partition coefficient (Wildman–Crippen LogP) is 2.38. The Morgan fingerprint density at radius 2 is 2.12 bits per heavy atom. The molecular formula is C13H13N3. The maximum Gasteiger partial charge on any atom is 0.130 e. The van der Waals surface area contributed by atoms with Gasteiger partial charge < -0.3 is 4.57 Å². The van der Waals surface area contributed by atoms with Crippen LogP contribution < -0.4 is 0 Å². The predicted molar refractivity (Wildman–Crippen MR) is 61.8 cm³/mol. The minimum atomic E-state index is -0.291. The summed E-state index contributed by atoms with van der Waals surface area (Å²) < 4.78 is 1.89. The van der Waals surface area contributed by atoms with Crippen LogP contribution in [0.15, 0.2) is 36.7 Å². The van der Waals surface area contributed by atoms with Gasteiger partial charge in [0.05, 0.1) is 6.07 Å². The van der Waals surface area contributed by atoms with E-state index >= 15 is 0 Å². The molecule has 2 rings (SSSR count). The fourth-order valence-corrected chi connectivity index (χ4v) is 1.83. The molecule has 1 aromatic carbocycles. The van der Waals surface area contributed by atoms with Crippen molar-refractivity contribution in [3.05, 3.63) is 53.6 Å². The van der Waals surface area contributed by atoms with E-state index in [0.717, 1.165) is 17.0 Å². The molecule has 0 bridgehead atoms. The van der Waals surface area contributed by atoms with E-state index in [1.54, 1.807) is 6.20 Å². The molecule has 16 heavy (non-hydrogen) atoms. The lowest BCUT2D eigenvalue weighted by atomic mass is 9.95. The van der Waals surface area contributed by atoms with Crippen LogP contribution >= 0.6 is 0 Å². The number of nitriles is 1. The van der Waals surface area contributed by atoms with Crippen LogP contribution in [0.1, 0.15) is 22.9 Å². The third-order valence-electron chi connectivity index (χ3n) is 2.75. The van der Waals surface area contributed by atoms with Crippen LogP contribution in [0.2, 0.25) is 0 Å². The second kappa shape index (κ2) is 4.19. The zero-order valence-corrected chi connectivity index (χ0v) is 9.38. The highest BCUT2D eigenvalue weighted by Crippen LogP contribution is 2.24. The van der Waals surface area contributed by atoms with Crippen LogP contribution in [0.25, 0.3) is 0 Å². The van der Waals surface area contributed by atoms with Crippen molar-refractivity contribution in [2.45, 2.75) is 12.8 Å². The molecule has 0 aliphatic carbocycles. The van der Waals surface area contributed by atoms with E-state index in [4.69, 9.17) is 0 Å². The summed E-state index contributed by atoms with van der Waals surface area (Å²) in [5.41, 5.74) is 2.15. The third kappa shape index (κ3) is 1.70. The van der Waals surface area contributed by atoms with E-state index in [2.05, 4.69) is 11.1 Å². The normalized spacial score (nSPS) is 12.1. The van der Waals surface area contributed by atoms with E-state index in [0.29, 0.717) is 0 Å². The third-order valence-corrected chi connectivity index (χ3v) is 2.75. The van der Waals surface area contributed by atoms with E-state index in [1.807, 2.05) is 49.0 Å². The van der Waals surface area contributed by atoms with E-state index in [9.17, 15) is 5.26 Å². The summed E-state index contributed by atoms with van der Waals surface area (Å²) in [4.78, 5) is 4.24. The molecule has 1 heterocycles. The van der Waals surface area contributed by atoms with Crippen molar-refractivity contribution in [1.29, 1.82) is 5.26 Å². The first-order valence-electron chi connectivity index (χ1n) is 5.16. The van der Waals surface area contributed by atoms with Crippen molar-refractivity contribution in [2.75, 3.05) is 0 Å². The number of benzene rings is 1. The summed E-state index contributed by atoms with van der Waals surface area (Å²) in [7, 11) is 1.91. The molecule has 0 aliphatic rings. The van der Waals surface area contributed by atoms with Crippen LogP contribution in [-0.2, 0) is 7.05 Å². The molecule has 0 N–H and O–H groups in total. The van der Waals surface area contributed by atoms with Gasteiger partial charge in [0.15, 0.2) is 0 Å². The highest BCUT2D eigenvalue weighted by atomic mass is 15.0. The smallest absolute Gasteiger partial charge is 0.130 e. The summed E-state index contributed by atoms with van der Waals surface area (Å²) in [5, 5.41) is 9.30. The highest BCUT2D eigenvalue weighted by Gasteiger charge is 2.18. The molecule has 0 radical (unpaired) electrons. The second-order valence-electron chi connectivity index (χ2n) is 3.82. The summed E-state index contributed by atoms with van der Waals surface area (Å²) >= 11 is 0. The highest BCUT2D eigenvalue weighted by molar-refractivity contribution is 5.37. The number of hydrogen-bond acceptors (Lipinski definition) is 2. The summed E-state index contributed by atoms with van der Waals surface area (Å²) in [6, 6.07) is 10.3. The topological polar surface area (TPSA) is 41.6 Å². The van der Waals surface area contributed by atoms with Crippen molar-refractivity contribution in [3.8, 4) is 6.07 Å². The largest absolute Gasteiger partial charge is 0.337 e. The maximum absolute atomic E-state index is 9.30. The molecule has 0 saturated heterocycles. The fraction of sp³-hybridized carbons (Fsp3) is 0.231. The minimum Gasteiger partial charge on any atom is -0.337 e. The van der Waals surface area contributed by atoms with Gasteiger partial charge in [0, 0.05) is 19.4 Å². The minimum absolute atomic E-state index is 0.291. The Bertz CT molecular complexity index is 534. The van der Waals surface area contributed by atoms with E-state index in [1.165, 1.54) is 0 Å². The molecule has 0 saturated carbocycles. The van der Waals surface area contributed by atoms with E-state index in [-0.39, 0.29) is 5.92 Å². The molecule has 80 valence electrons. The molecule has 0 spiro atoms. The van der Waals surface area contributed by atoms with Gasteiger partial charge in [0.25, 0.3) is 0 Å². The van der Waals surface area contributed by atoms with Crippen LogP contribution in [0.3, 0.4) is 0 Å². The monoisotopic (exact) mass is 211 g/mol. The number of rotatable bonds is 2. The Morgan fingerprint density at radius 1 is 1.38 bits per heavy atom. The Labute approximate surface area is 95.0 Å². The fourth-order valence-electron chi connectivity index (χ4n) is 1.83. The average molecular weight is 211 g/mol. The van der Waals surface area contributed by atoms with Gasteiger partial charge in [0.2, 0.25) is 0 Å². The lowest BCUT2D eigenvalue weighted by Crippen LogP contribution is -2.07. The molecular weight excluding hydrogens is 198 g/mol. The van der Waals surface area contributed by atoms with Gasteiger partial charge >= 0.3 is 0 Å². The quantitative estimate of drug-likeness (QED) is 0.765. The van der Waals surface area contributed by atoms with Crippen LogP contribution in [-0.4, -0.2) is 9.55 Å². The Hall–Kier alpha value is -2.08. The standard InChI is InChI=1S/C13H13N3/c1-10-5-3-4-6-11(10)12(9-14)13-15-7-8-16(13)2/h3-8,12H,1-2H3. The molecule has 2 aromatic rings. The Balaban J connectivity index is 2.50. The molecule has 3 nitrogen and oxygen atoms in total. The zero-order valence-electron chi connectivity index (χ0n) is 9.38. The molecule has 0 amide bonds. The second-order valence-corrected chi connectivity index (χ2v) is 3.82. The first-order valence-corrected chi connectivity index (χ1v) is 5.16. The van der Waals surface area contributed by atoms with Gasteiger partial charge in [0.1, 0.15) is 11.7 Å². The lowest BCUT2D eigenvalue weighted by Gasteiger charge is -2.11. The first kappa shape index (κ1) is 10.4. The molecule has 0 fully saturated rings. The molecule has 1 atom stereocenters. The van der Waals surface area contributed by atoms with Crippen LogP contribution in [0.5, 0.6) is 0 Å². The molecule has 3 heteroatoms. The van der Waals surface area contributed by atoms with Gasteiger partial charge in [-0.25, -0.2) is 4.98 Å². The number of aryl methyl sites for hydroxylation is 2. The van der Waals surface area contributed by atoms with Gasteiger partial charge in [-0.1, -0.05) is 24.3 Å². The SMILES string of the molecule is Cc1ccccc1C(C#N)c1nccn1C. The Morgan fingerprint density at radius 3 is 2.69 bits per heavy atom. The van der Waals surface area contributed by atoms with Crippen LogP contribution in [0, 0.1) is 18.3 Å². The first-order chi connectivity index (χ1) is 7.74.